The molecule has 1 aromatic rings. The maximum atomic E-state index is 12.3. The van der Waals surface area contributed by atoms with Crippen LogP contribution in [0.2, 0.25) is 10.0 Å². The summed E-state index contributed by atoms with van der Waals surface area (Å²) in [5.41, 5.74) is 0.608. The number of hydrogen-bond donors (Lipinski definition) is 2. The molecule has 1 aliphatic carbocycles. The van der Waals surface area contributed by atoms with Gasteiger partial charge < -0.3 is 5.32 Å². The quantitative estimate of drug-likeness (QED) is 0.799. The Morgan fingerprint density at radius 3 is 2.29 bits per heavy atom. The van der Waals surface area contributed by atoms with Gasteiger partial charge in [-0.25, -0.2) is 13.1 Å². The topological polar surface area (TPSA) is 75.3 Å². The van der Waals surface area contributed by atoms with Gasteiger partial charge in [0.15, 0.2) is 0 Å². The molecule has 2 rings (SSSR count). The molecule has 0 heterocycles. The van der Waals surface area contributed by atoms with Gasteiger partial charge in [-0.2, -0.15) is 0 Å². The molecule has 1 fully saturated rings. The first kappa shape index (κ1) is 19.5. The maximum Gasteiger partial charge on any atom is 0.227 e. The number of hydrogen-bond acceptors (Lipinski definition) is 3. The fraction of sp³-hybridized carbons (Fsp3) is 0.562. The summed E-state index contributed by atoms with van der Waals surface area (Å²) in [7, 11) is -3.27. The second kappa shape index (κ2) is 8.04. The highest BCUT2D eigenvalue weighted by molar-refractivity contribution is 7.90. The minimum Gasteiger partial charge on any atom is -0.326 e. The highest BCUT2D eigenvalue weighted by Gasteiger charge is 2.29. The van der Waals surface area contributed by atoms with Gasteiger partial charge in [0.05, 0.1) is 15.3 Å². The number of sulfonamides is 1. The maximum absolute atomic E-state index is 12.3. The van der Waals surface area contributed by atoms with E-state index < -0.39 is 15.3 Å². The summed E-state index contributed by atoms with van der Waals surface area (Å²) in [4.78, 5) is 12.3. The normalized spacial score (nSPS) is 21.7. The van der Waals surface area contributed by atoms with Crippen LogP contribution in [0.5, 0.6) is 0 Å². The van der Waals surface area contributed by atoms with Crippen LogP contribution in [0, 0.1) is 5.92 Å². The van der Waals surface area contributed by atoms with E-state index in [0.717, 1.165) is 0 Å². The third kappa shape index (κ3) is 5.09. The summed E-state index contributed by atoms with van der Waals surface area (Å²) in [6, 6.07) is 4.86. The van der Waals surface area contributed by atoms with Crippen LogP contribution in [-0.4, -0.2) is 25.6 Å². The first-order valence-corrected chi connectivity index (χ1v) is 10.3. The van der Waals surface area contributed by atoms with E-state index in [1.165, 1.54) is 0 Å². The number of nitrogens with one attached hydrogen (secondary N) is 2. The molecule has 1 saturated carbocycles. The molecule has 0 radical (unpaired) electrons. The van der Waals surface area contributed by atoms with Crippen LogP contribution in [0.3, 0.4) is 0 Å². The Kier molecular flexibility index (Phi) is 6.53. The van der Waals surface area contributed by atoms with Crippen molar-refractivity contribution in [3.05, 3.63) is 28.2 Å². The second-order valence-corrected chi connectivity index (χ2v) is 9.46. The average Bonchev–Trinajstić information content (AvgIpc) is 2.51. The molecular formula is C16H22Cl2N2O3S. The summed E-state index contributed by atoms with van der Waals surface area (Å²) in [6.07, 6.45) is 2.62. The van der Waals surface area contributed by atoms with Crippen molar-refractivity contribution in [1.82, 2.24) is 4.72 Å². The molecule has 0 aromatic heterocycles. The van der Waals surface area contributed by atoms with Crippen molar-refractivity contribution < 1.29 is 13.2 Å². The SMILES string of the molecule is CC(C)S(=O)(=O)NC1CCC(C(=O)Nc2ccc(Cl)c(Cl)c2)CC1. The Labute approximate surface area is 153 Å². The number of benzene rings is 1. The Bertz CT molecular complexity index is 699. The van der Waals surface area contributed by atoms with E-state index >= 15 is 0 Å². The van der Waals surface area contributed by atoms with Crippen LogP contribution in [0.15, 0.2) is 18.2 Å². The van der Waals surface area contributed by atoms with E-state index in [2.05, 4.69) is 10.0 Å². The van der Waals surface area contributed by atoms with Crippen molar-refractivity contribution in [2.75, 3.05) is 5.32 Å². The number of halogens is 2. The molecule has 8 heteroatoms. The number of carbonyl (C=O) groups excluding carboxylic acids is 1. The van der Waals surface area contributed by atoms with Crippen LogP contribution in [0.4, 0.5) is 5.69 Å². The van der Waals surface area contributed by atoms with Crippen molar-refractivity contribution in [2.24, 2.45) is 5.92 Å². The summed E-state index contributed by atoms with van der Waals surface area (Å²) in [6.45, 7) is 3.30. The predicted molar refractivity (Wildman–Crippen MR) is 98.0 cm³/mol. The molecule has 0 aliphatic heterocycles. The largest absolute Gasteiger partial charge is 0.326 e. The Hall–Kier alpha value is -0.820. The number of rotatable bonds is 5. The lowest BCUT2D eigenvalue weighted by Gasteiger charge is -2.28. The summed E-state index contributed by atoms with van der Waals surface area (Å²) in [5, 5.41) is 3.22. The van der Waals surface area contributed by atoms with Gasteiger partial charge >= 0.3 is 0 Å². The fourth-order valence-corrected chi connectivity index (χ4v) is 3.93. The Balaban J connectivity index is 1.87. The van der Waals surface area contributed by atoms with E-state index in [9.17, 15) is 13.2 Å². The van der Waals surface area contributed by atoms with Crippen LogP contribution in [0.1, 0.15) is 39.5 Å². The molecule has 5 nitrogen and oxygen atoms in total. The van der Waals surface area contributed by atoms with Crippen LogP contribution in [-0.2, 0) is 14.8 Å². The van der Waals surface area contributed by atoms with Gasteiger partial charge in [0.25, 0.3) is 0 Å². The lowest BCUT2D eigenvalue weighted by molar-refractivity contribution is -0.120. The van der Waals surface area contributed by atoms with Gasteiger partial charge in [-0.05, 0) is 57.7 Å². The van der Waals surface area contributed by atoms with E-state index in [4.69, 9.17) is 23.2 Å². The summed E-state index contributed by atoms with van der Waals surface area (Å²) in [5.74, 6) is -0.196. The van der Waals surface area contributed by atoms with E-state index in [1.807, 2.05) is 0 Å². The van der Waals surface area contributed by atoms with Crippen LogP contribution < -0.4 is 10.0 Å². The first-order chi connectivity index (χ1) is 11.2. The predicted octanol–water partition coefficient (Wildman–Crippen LogP) is 3.82. The van der Waals surface area contributed by atoms with E-state index in [0.29, 0.717) is 41.4 Å². The fourth-order valence-electron chi connectivity index (χ4n) is 2.66. The van der Waals surface area contributed by atoms with Crippen molar-refractivity contribution in [1.29, 1.82) is 0 Å². The minimum atomic E-state index is -3.27. The second-order valence-electron chi connectivity index (χ2n) is 6.38. The van der Waals surface area contributed by atoms with E-state index in [1.54, 1.807) is 32.0 Å². The highest BCUT2D eigenvalue weighted by atomic mass is 35.5. The molecule has 0 bridgehead atoms. The number of anilines is 1. The van der Waals surface area contributed by atoms with Crippen molar-refractivity contribution >= 4 is 44.8 Å². The van der Waals surface area contributed by atoms with E-state index in [-0.39, 0.29) is 17.9 Å². The van der Waals surface area contributed by atoms with Gasteiger partial charge in [-0.1, -0.05) is 23.2 Å². The molecule has 1 amide bonds. The lowest BCUT2D eigenvalue weighted by Crippen LogP contribution is -2.42. The van der Waals surface area contributed by atoms with Crippen LogP contribution in [0.25, 0.3) is 0 Å². The molecule has 1 aliphatic rings. The molecule has 0 spiro atoms. The summed E-state index contributed by atoms with van der Waals surface area (Å²) < 4.78 is 26.5. The van der Waals surface area contributed by atoms with Crippen LogP contribution >= 0.6 is 23.2 Å². The third-order valence-corrected chi connectivity index (χ3v) is 6.88. The van der Waals surface area contributed by atoms with Gasteiger partial charge in [-0.15, -0.1) is 0 Å². The average molecular weight is 393 g/mol. The zero-order chi connectivity index (χ0) is 17.9. The van der Waals surface area contributed by atoms with Gasteiger partial charge in [0.1, 0.15) is 0 Å². The minimum absolute atomic E-state index is 0.0708. The van der Waals surface area contributed by atoms with Crippen molar-refractivity contribution in [2.45, 2.75) is 50.8 Å². The summed E-state index contributed by atoms with van der Waals surface area (Å²) >= 11 is 11.8. The smallest absolute Gasteiger partial charge is 0.227 e. The molecule has 0 saturated heterocycles. The zero-order valence-electron chi connectivity index (χ0n) is 13.7. The van der Waals surface area contributed by atoms with Gasteiger partial charge in [0, 0.05) is 17.6 Å². The first-order valence-electron chi connectivity index (χ1n) is 7.96. The molecule has 1 aromatic carbocycles. The highest BCUT2D eigenvalue weighted by Crippen LogP contribution is 2.28. The van der Waals surface area contributed by atoms with Gasteiger partial charge in [-0.3, -0.25) is 4.79 Å². The van der Waals surface area contributed by atoms with Crippen molar-refractivity contribution in [3.63, 3.8) is 0 Å². The number of amides is 1. The molecule has 24 heavy (non-hydrogen) atoms. The standard InChI is InChI=1S/C16H22Cl2N2O3S/c1-10(2)24(22,23)20-12-5-3-11(4-6-12)16(21)19-13-7-8-14(17)15(18)9-13/h7-12,20H,3-6H2,1-2H3,(H,19,21). The lowest BCUT2D eigenvalue weighted by atomic mass is 9.86. The molecular weight excluding hydrogens is 371 g/mol. The molecule has 2 N–H and O–H groups in total. The van der Waals surface area contributed by atoms with Crippen molar-refractivity contribution in [3.8, 4) is 0 Å². The molecule has 0 unspecified atom stereocenters. The Morgan fingerprint density at radius 2 is 1.75 bits per heavy atom. The molecule has 134 valence electrons. The third-order valence-electron chi connectivity index (χ3n) is 4.24. The zero-order valence-corrected chi connectivity index (χ0v) is 16.0. The van der Waals surface area contributed by atoms with Gasteiger partial charge in [0.2, 0.25) is 15.9 Å². The monoisotopic (exact) mass is 392 g/mol. The molecule has 0 atom stereocenters. The Morgan fingerprint density at radius 1 is 1.12 bits per heavy atom. The number of carbonyl (C=O) groups is 1.